The summed E-state index contributed by atoms with van der Waals surface area (Å²) in [7, 11) is 1.15. The van der Waals surface area contributed by atoms with Crippen molar-refractivity contribution < 1.29 is 39.5 Å². The smallest absolute Gasteiger partial charge is 0.338 e. The minimum Gasteiger partial charge on any atom is -0.467 e. The van der Waals surface area contributed by atoms with Gasteiger partial charge in [-0.1, -0.05) is 6.08 Å². The van der Waals surface area contributed by atoms with Crippen LogP contribution in [0.1, 0.15) is 19.8 Å². The van der Waals surface area contributed by atoms with Crippen molar-refractivity contribution in [3.05, 3.63) is 12.7 Å². The van der Waals surface area contributed by atoms with Gasteiger partial charge in [-0.05, 0) is 0 Å². The minimum atomic E-state index is -1.66. The summed E-state index contributed by atoms with van der Waals surface area (Å²) < 4.78 is 10.4. The van der Waals surface area contributed by atoms with Crippen LogP contribution in [0.5, 0.6) is 0 Å². The lowest BCUT2D eigenvalue weighted by Gasteiger charge is -2.47. The van der Waals surface area contributed by atoms with E-state index in [1.807, 2.05) is 0 Å². The highest BCUT2D eigenvalue weighted by Crippen LogP contribution is 2.35. The molecule has 0 spiro atoms. The fourth-order valence-corrected chi connectivity index (χ4v) is 2.85. The SMILES string of the molecule is C=CC[C@]1(C(=O)OC)C[C@H](O)[C@@H](NC(C)=O)[C@H]([C@H](O)[C@H](O)CO)O1. The van der Waals surface area contributed by atoms with E-state index in [4.69, 9.17) is 14.6 Å². The van der Waals surface area contributed by atoms with Gasteiger partial charge in [-0.2, -0.15) is 0 Å². The van der Waals surface area contributed by atoms with Crippen LogP contribution in [-0.4, -0.2) is 82.1 Å². The Hall–Kier alpha value is -1.52. The van der Waals surface area contributed by atoms with Crippen LogP contribution in [0.3, 0.4) is 0 Å². The monoisotopic (exact) mass is 347 g/mol. The Balaban J connectivity index is 3.23. The second kappa shape index (κ2) is 8.54. The van der Waals surface area contributed by atoms with Crippen molar-refractivity contribution in [2.45, 2.75) is 55.8 Å². The molecule has 0 unspecified atom stereocenters. The van der Waals surface area contributed by atoms with Gasteiger partial charge in [0, 0.05) is 19.8 Å². The van der Waals surface area contributed by atoms with Gasteiger partial charge in [-0.25, -0.2) is 4.79 Å². The predicted molar refractivity (Wildman–Crippen MR) is 81.8 cm³/mol. The zero-order valence-corrected chi connectivity index (χ0v) is 13.7. The Morgan fingerprint density at radius 3 is 2.58 bits per heavy atom. The van der Waals surface area contributed by atoms with E-state index in [2.05, 4.69) is 11.9 Å². The molecule has 24 heavy (non-hydrogen) atoms. The maximum atomic E-state index is 12.2. The lowest BCUT2D eigenvalue weighted by atomic mass is 9.82. The number of aliphatic hydroxyl groups is 4. The summed E-state index contributed by atoms with van der Waals surface area (Å²) in [5.41, 5.74) is -1.62. The second-order valence-electron chi connectivity index (χ2n) is 5.80. The van der Waals surface area contributed by atoms with Crippen molar-refractivity contribution in [2.24, 2.45) is 0 Å². The number of ether oxygens (including phenoxy) is 2. The summed E-state index contributed by atoms with van der Waals surface area (Å²) in [4.78, 5) is 23.5. The van der Waals surface area contributed by atoms with Gasteiger partial charge in [0.15, 0.2) is 5.60 Å². The molecule has 1 aliphatic rings. The fraction of sp³-hybridized carbons (Fsp3) is 0.733. The first kappa shape index (κ1) is 20.5. The van der Waals surface area contributed by atoms with Gasteiger partial charge in [-0.3, -0.25) is 4.79 Å². The lowest BCUT2D eigenvalue weighted by Crippen LogP contribution is -2.67. The van der Waals surface area contributed by atoms with E-state index in [1.54, 1.807) is 0 Å². The van der Waals surface area contributed by atoms with Crippen molar-refractivity contribution in [2.75, 3.05) is 13.7 Å². The first-order chi connectivity index (χ1) is 11.2. The van der Waals surface area contributed by atoms with Crippen molar-refractivity contribution in [1.82, 2.24) is 5.32 Å². The second-order valence-corrected chi connectivity index (χ2v) is 5.80. The van der Waals surface area contributed by atoms with Crippen LogP contribution in [0.15, 0.2) is 12.7 Å². The predicted octanol–water partition coefficient (Wildman–Crippen LogP) is -2.16. The molecule has 0 saturated carbocycles. The summed E-state index contributed by atoms with van der Waals surface area (Å²) in [5.74, 6) is -1.27. The number of rotatable bonds is 7. The van der Waals surface area contributed by atoms with Crippen molar-refractivity contribution in [1.29, 1.82) is 0 Å². The molecular weight excluding hydrogens is 322 g/mol. The molecule has 1 heterocycles. The molecule has 0 bridgehead atoms. The third-order valence-electron chi connectivity index (χ3n) is 3.99. The largest absolute Gasteiger partial charge is 0.467 e. The van der Waals surface area contributed by atoms with E-state index in [-0.39, 0.29) is 12.8 Å². The van der Waals surface area contributed by atoms with Crippen LogP contribution in [0, 0.1) is 0 Å². The summed E-state index contributed by atoms with van der Waals surface area (Å²) in [6, 6.07) is -1.08. The molecule has 9 heteroatoms. The maximum absolute atomic E-state index is 12.2. The average molecular weight is 347 g/mol. The van der Waals surface area contributed by atoms with Crippen molar-refractivity contribution in [3.8, 4) is 0 Å². The number of hydrogen-bond donors (Lipinski definition) is 5. The Morgan fingerprint density at radius 1 is 1.50 bits per heavy atom. The van der Waals surface area contributed by atoms with Crippen LogP contribution < -0.4 is 5.32 Å². The molecule has 1 saturated heterocycles. The number of carbonyl (C=O) groups is 2. The standard InChI is InChI=1S/C15H25NO8/c1-4-5-15(14(22)23-3)6-9(19)11(16-8(2)18)13(24-15)12(21)10(20)7-17/h4,9-13,17,19-21H,1,5-7H2,2-3H3,(H,16,18)/t9-,10+,11+,12+,13+,15+/m0/s1. The maximum Gasteiger partial charge on any atom is 0.338 e. The quantitative estimate of drug-likeness (QED) is 0.259. The zero-order chi connectivity index (χ0) is 18.5. The molecule has 0 aromatic heterocycles. The van der Waals surface area contributed by atoms with Crippen molar-refractivity contribution >= 4 is 11.9 Å². The normalized spacial score (nSPS) is 32.5. The van der Waals surface area contributed by atoms with Crippen LogP contribution >= 0.6 is 0 Å². The average Bonchev–Trinajstić information content (AvgIpc) is 2.54. The van der Waals surface area contributed by atoms with Gasteiger partial charge in [0.2, 0.25) is 5.91 Å². The molecule has 0 aliphatic carbocycles. The number of carbonyl (C=O) groups excluding carboxylic acids is 2. The van der Waals surface area contributed by atoms with E-state index in [0.29, 0.717) is 0 Å². The molecule has 9 nitrogen and oxygen atoms in total. The first-order valence-corrected chi connectivity index (χ1v) is 7.51. The number of esters is 1. The minimum absolute atomic E-state index is 0.0119. The fourth-order valence-electron chi connectivity index (χ4n) is 2.85. The molecular formula is C15H25NO8. The highest BCUT2D eigenvalue weighted by molar-refractivity contribution is 5.80. The summed E-state index contributed by atoms with van der Waals surface area (Å²) in [5, 5.41) is 41.8. The van der Waals surface area contributed by atoms with E-state index in [0.717, 1.165) is 7.11 Å². The molecule has 1 fully saturated rings. The van der Waals surface area contributed by atoms with Gasteiger partial charge in [0.25, 0.3) is 0 Å². The van der Waals surface area contributed by atoms with E-state index in [9.17, 15) is 24.9 Å². The zero-order valence-electron chi connectivity index (χ0n) is 13.7. The third-order valence-corrected chi connectivity index (χ3v) is 3.99. The molecule has 1 rings (SSSR count). The van der Waals surface area contributed by atoms with Gasteiger partial charge >= 0.3 is 5.97 Å². The van der Waals surface area contributed by atoms with E-state index < -0.39 is 54.5 Å². The van der Waals surface area contributed by atoms with Gasteiger partial charge in [0.1, 0.15) is 18.3 Å². The number of methoxy groups -OCH3 is 1. The molecule has 6 atom stereocenters. The molecule has 0 aromatic carbocycles. The van der Waals surface area contributed by atoms with E-state index >= 15 is 0 Å². The molecule has 138 valence electrons. The highest BCUT2D eigenvalue weighted by Gasteiger charge is 2.54. The van der Waals surface area contributed by atoms with Crippen LogP contribution in [0.2, 0.25) is 0 Å². The number of hydrogen-bond acceptors (Lipinski definition) is 8. The van der Waals surface area contributed by atoms with Gasteiger partial charge in [0.05, 0.1) is 25.9 Å². The molecule has 0 aromatic rings. The van der Waals surface area contributed by atoms with Crippen LogP contribution in [0.4, 0.5) is 0 Å². The number of nitrogens with one attached hydrogen (secondary N) is 1. The van der Waals surface area contributed by atoms with Crippen LogP contribution in [0.25, 0.3) is 0 Å². The Labute approximate surface area is 139 Å². The molecule has 1 amide bonds. The molecule has 0 radical (unpaired) electrons. The lowest BCUT2D eigenvalue weighted by molar-refractivity contribution is -0.230. The van der Waals surface area contributed by atoms with E-state index in [1.165, 1.54) is 13.0 Å². The molecule has 1 aliphatic heterocycles. The Bertz CT molecular complexity index is 470. The van der Waals surface area contributed by atoms with Crippen LogP contribution in [-0.2, 0) is 19.1 Å². The number of aliphatic hydroxyl groups excluding tert-OH is 4. The summed E-state index contributed by atoms with van der Waals surface area (Å²) >= 11 is 0. The highest BCUT2D eigenvalue weighted by atomic mass is 16.6. The molecule has 5 N–H and O–H groups in total. The Kier molecular flexibility index (Phi) is 7.30. The van der Waals surface area contributed by atoms with Gasteiger partial charge in [-0.15, -0.1) is 6.58 Å². The summed E-state index contributed by atoms with van der Waals surface area (Å²) in [6.07, 6.45) is -4.66. The third kappa shape index (κ3) is 4.31. The summed E-state index contributed by atoms with van der Waals surface area (Å²) in [6.45, 7) is 3.98. The Morgan fingerprint density at radius 2 is 2.12 bits per heavy atom. The number of amides is 1. The van der Waals surface area contributed by atoms with Gasteiger partial charge < -0.3 is 35.2 Å². The first-order valence-electron chi connectivity index (χ1n) is 7.51. The topological polar surface area (TPSA) is 146 Å². The van der Waals surface area contributed by atoms with Crippen molar-refractivity contribution in [3.63, 3.8) is 0 Å².